The molecule has 1 nitrogen and oxygen atoms in total. The molecular formula is C25H31NSi. The standard InChI is InChI=1S/C25H31NSi/c1-20(2)26-21(3)22(4)27(23-14-8-5-9-15-23,24-16-10-6-11-17-24)25-18-12-7-13-19-25/h5-22,26H,1-4H3. The molecular weight excluding hydrogens is 342 g/mol. The van der Waals surface area contributed by atoms with Gasteiger partial charge in [-0.1, -0.05) is 112 Å². The molecule has 3 aromatic carbocycles. The molecule has 0 aromatic heterocycles. The zero-order valence-electron chi connectivity index (χ0n) is 16.9. The highest BCUT2D eigenvalue weighted by atomic mass is 28.3. The number of nitrogens with one attached hydrogen (secondary N) is 1. The van der Waals surface area contributed by atoms with E-state index in [4.69, 9.17) is 0 Å². The predicted octanol–water partition coefficient (Wildman–Crippen LogP) is 3.93. The van der Waals surface area contributed by atoms with Crippen LogP contribution >= 0.6 is 0 Å². The minimum Gasteiger partial charge on any atom is -0.312 e. The van der Waals surface area contributed by atoms with Crippen molar-refractivity contribution in [1.82, 2.24) is 5.32 Å². The normalized spacial score (nSPS) is 14.1. The van der Waals surface area contributed by atoms with Crippen molar-refractivity contribution in [1.29, 1.82) is 0 Å². The van der Waals surface area contributed by atoms with Crippen molar-refractivity contribution in [2.45, 2.75) is 45.3 Å². The number of hydrogen-bond donors (Lipinski definition) is 1. The Balaban J connectivity index is 2.29. The van der Waals surface area contributed by atoms with Gasteiger partial charge >= 0.3 is 0 Å². The monoisotopic (exact) mass is 373 g/mol. The van der Waals surface area contributed by atoms with Gasteiger partial charge in [-0.3, -0.25) is 0 Å². The second-order valence-corrected chi connectivity index (χ2v) is 12.1. The fraction of sp³-hybridized carbons (Fsp3) is 0.280. The maximum absolute atomic E-state index is 3.79. The highest BCUT2D eigenvalue weighted by molar-refractivity contribution is 7.12. The first-order chi connectivity index (χ1) is 13.1. The molecule has 0 saturated carbocycles. The smallest absolute Gasteiger partial charge is 0.152 e. The largest absolute Gasteiger partial charge is 0.312 e. The van der Waals surface area contributed by atoms with Crippen LogP contribution in [0.5, 0.6) is 0 Å². The Bertz CT molecular complexity index is 718. The second-order valence-electron chi connectivity index (χ2n) is 7.80. The molecule has 0 heterocycles. The predicted molar refractivity (Wildman–Crippen MR) is 121 cm³/mol. The summed E-state index contributed by atoms with van der Waals surface area (Å²) in [6.07, 6.45) is 0. The van der Waals surface area contributed by atoms with Crippen LogP contribution in [0.4, 0.5) is 0 Å². The summed E-state index contributed by atoms with van der Waals surface area (Å²) in [5, 5.41) is 8.23. The third-order valence-electron chi connectivity index (χ3n) is 5.72. The van der Waals surface area contributed by atoms with Crippen molar-refractivity contribution in [2.24, 2.45) is 0 Å². The highest BCUT2D eigenvalue weighted by Gasteiger charge is 2.46. The first kappa shape index (κ1) is 19.6. The van der Waals surface area contributed by atoms with E-state index in [0.29, 0.717) is 17.6 Å². The van der Waals surface area contributed by atoms with Gasteiger partial charge in [-0.25, -0.2) is 0 Å². The maximum atomic E-state index is 3.79. The fourth-order valence-electron chi connectivity index (χ4n) is 4.44. The molecule has 0 amide bonds. The van der Waals surface area contributed by atoms with E-state index in [2.05, 4.69) is 124 Å². The molecule has 0 aliphatic carbocycles. The highest BCUT2D eigenvalue weighted by Crippen LogP contribution is 2.26. The van der Waals surface area contributed by atoms with Gasteiger partial charge in [-0.15, -0.1) is 0 Å². The Morgan fingerprint density at radius 3 is 1.19 bits per heavy atom. The molecule has 0 saturated heterocycles. The van der Waals surface area contributed by atoms with Crippen molar-refractivity contribution >= 4 is 23.6 Å². The summed E-state index contributed by atoms with van der Waals surface area (Å²) in [6.45, 7) is 9.26. The summed E-state index contributed by atoms with van der Waals surface area (Å²) in [5.74, 6) is 0. The van der Waals surface area contributed by atoms with Crippen LogP contribution in [0.2, 0.25) is 5.54 Å². The summed E-state index contributed by atoms with van der Waals surface area (Å²) >= 11 is 0. The lowest BCUT2D eigenvalue weighted by Gasteiger charge is -2.42. The fourth-order valence-corrected chi connectivity index (χ4v) is 10.0. The van der Waals surface area contributed by atoms with E-state index in [1.54, 1.807) is 0 Å². The van der Waals surface area contributed by atoms with E-state index in [1.807, 2.05) is 0 Å². The Labute approximate surface area is 165 Å². The number of rotatable bonds is 7. The van der Waals surface area contributed by atoms with E-state index in [1.165, 1.54) is 15.6 Å². The van der Waals surface area contributed by atoms with Gasteiger partial charge in [-0.05, 0) is 28.0 Å². The van der Waals surface area contributed by atoms with Crippen molar-refractivity contribution in [2.75, 3.05) is 0 Å². The average molecular weight is 374 g/mol. The Morgan fingerprint density at radius 2 is 0.889 bits per heavy atom. The minimum atomic E-state index is -2.22. The zero-order chi connectivity index (χ0) is 19.3. The van der Waals surface area contributed by atoms with Crippen LogP contribution in [0.25, 0.3) is 0 Å². The molecule has 0 fully saturated rings. The van der Waals surface area contributed by atoms with Gasteiger partial charge in [0.05, 0.1) is 0 Å². The third-order valence-corrected chi connectivity index (χ3v) is 11.3. The summed E-state index contributed by atoms with van der Waals surface area (Å²) in [7, 11) is -2.22. The molecule has 2 atom stereocenters. The average Bonchev–Trinajstić information content (AvgIpc) is 2.70. The summed E-state index contributed by atoms with van der Waals surface area (Å²) in [6, 6.07) is 34.4. The Hall–Kier alpha value is -2.16. The lowest BCUT2D eigenvalue weighted by atomic mass is 10.2. The molecule has 1 N–H and O–H groups in total. The van der Waals surface area contributed by atoms with Crippen LogP contribution in [-0.2, 0) is 0 Å². The SMILES string of the molecule is CC(C)NC(C)C(C)[Si](c1ccccc1)(c1ccccc1)c1ccccc1. The summed E-state index contributed by atoms with van der Waals surface area (Å²) < 4.78 is 0. The molecule has 3 rings (SSSR count). The molecule has 0 spiro atoms. The topological polar surface area (TPSA) is 12.0 Å². The Kier molecular flexibility index (Phi) is 6.30. The van der Waals surface area contributed by atoms with Gasteiger partial charge in [0, 0.05) is 12.1 Å². The zero-order valence-corrected chi connectivity index (χ0v) is 17.9. The number of benzene rings is 3. The lowest BCUT2D eigenvalue weighted by Crippen LogP contribution is -2.71. The van der Waals surface area contributed by atoms with Gasteiger partial charge in [0.1, 0.15) is 0 Å². The van der Waals surface area contributed by atoms with Crippen LogP contribution < -0.4 is 20.9 Å². The first-order valence-electron chi connectivity index (χ1n) is 9.99. The van der Waals surface area contributed by atoms with Gasteiger partial charge in [-0.2, -0.15) is 0 Å². The second kappa shape index (κ2) is 8.68. The molecule has 0 bridgehead atoms. The van der Waals surface area contributed by atoms with Crippen molar-refractivity contribution in [3.8, 4) is 0 Å². The molecule has 0 radical (unpaired) electrons. The van der Waals surface area contributed by atoms with E-state index in [9.17, 15) is 0 Å². The van der Waals surface area contributed by atoms with Crippen molar-refractivity contribution in [3.05, 3.63) is 91.0 Å². The van der Waals surface area contributed by atoms with Crippen LogP contribution in [-0.4, -0.2) is 20.2 Å². The summed E-state index contributed by atoms with van der Waals surface area (Å²) in [4.78, 5) is 0. The molecule has 140 valence electrons. The van der Waals surface area contributed by atoms with Crippen LogP contribution in [0, 0.1) is 0 Å². The molecule has 2 unspecified atom stereocenters. The van der Waals surface area contributed by atoms with Gasteiger partial charge in [0.25, 0.3) is 0 Å². The molecule has 3 aromatic rings. The van der Waals surface area contributed by atoms with Crippen LogP contribution in [0.15, 0.2) is 91.0 Å². The van der Waals surface area contributed by atoms with E-state index < -0.39 is 8.07 Å². The van der Waals surface area contributed by atoms with Crippen molar-refractivity contribution < 1.29 is 0 Å². The van der Waals surface area contributed by atoms with E-state index in [0.717, 1.165) is 0 Å². The quantitative estimate of drug-likeness (QED) is 0.489. The minimum absolute atomic E-state index is 0.414. The maximum Gasteiger partial charge on any atom is 0.152 e. The molecule has 0 aliphatic rings. The lowest BCUT2D eigenvalue weighted by molar-refractivity contribution is 0.475. The first-order valence-corrected chi connectivity index (χ1v) is 12.1. The van der Waals surface area contributed by atoms with Crippen LogP contribution in [0.1, 0.15) is 27.7 Å². The van der Waals surface area contributed by atoms with Crippen molar-refractivity contribution in [3.63, 3.8) is 0 Å². The van der Waals surface area contributed by atoms with E-state index in [-0.39, 0.29) is 0 Å². The van der Waals surface area contributed by atoms with Gasteiger partial charge in [0.15, 0.2) is 8.07 Å². The van der Waals surface area contributed by atoms with E-state index >= 15 is 0 Å². The van der Waals surface area contributed by atoms with Gasteiger partial charge in [0.2, 0.25) is 0 Å². The molecule has 2 heteroatoms. The van der Waals surface area contributed by atoms with Gasteiger partial charge < -0.3 is 5.32 Å². The Morgan fingerprint density at radius 1 is 0.556 bits per heavy atom. The third kappa shape index (κ3) is 3.92. The number of hydrogen-bond acceptors (Lipinski definition) is 1. The molecule has 27 heavy (non-hydrogen) atoms. The summed E-state index contributed by atoms with van der Waals surface area (Å²) in [5.41, 5.74) is 0.493. The molecule has 0 aliphatic heterocycles. The van der Waals surface area contributed by atoms with Crippen LogP contribution in [0.3, 0.4) is 0 Å².